The molecule has 0 bridgehead atoms. The summed E-state index contributed by atoms with van der Waals surface area (Å²) in [6, 6.07) is 8.05. The Balaban J connectivity index is 1.68. The molecule has 7 nitrogen and oxygen atoms in total. The van der Waals surface area contributed by atoms with E-state index in [9.17, 15) is 4.79 Å². The molecule has 0 unspecified atom stereocenters. The minimum absolute atomic E-state index is 0.176. The maximum atomic E-state index is 11.7. The number of benzene rings is 1. The summed E-state index contributed by atoms with van der Waals surface area (Å²) in [4.78, 5) is 14.0. The van der Waals surface area contributed by atoms with Crippen LogP contribution in [0, 0.1) is 6.92 Å². The normalized spacial score (nSPS) is 15.3. The molecular formula is C14H19N5O2. The Hall–Kier alpha value is -2.44. The molecule has 3 rings (SSSR count). The predicted octanol–water partition coefficient (Wildman–Crippen LogP) is 0.347. The fraction of sp³-hybridized carbons (Fsp3) is 0.429. The van der Waals surface area contributed by atoms with Crippen LogP contribution in [0.2, 0.25) is 0 Å². The molecule has 0 spiro atoms. The van der Waals surface area contributed by atoms with Crippen LogP contribution in [0.25, 0.3) is 0 Å². The Morgan fingerprint density at radius 1 is 1.14 bits per heavy atom. The number of H-pyrrole nitrogens is 1. The molecule has 21 heavy (non-hydrogen) atoms. The van der Waals surface area contributed by atoms with Gasteiger partial charge in [-0.3, -0.25) is 0 Å². The molecule has 0 amide bonds. The Morgan fingerprint density at radius 3 is 2.33 bits per heavy atom. The highest BCUT2D eigenvalue weighted by molar-refractivity contribution is 5.49. The van der Waals surface area contributed by atoms with Gasteiger partial charge >= 0.3 is 5.69 Å². The number of nitrogens with one attached hydrogen (secondary N) is 1. The standard InChI is InChI=1S/C14H19N5O2/c1-11-15-16-14(20)19(11)18-9-7-17(8-10-18)12-3-5-13(21-2)6-4-12/h3-6H,7-10H2,1-2H3,(H,16,20). The van der Waals surface area contributed by atoms with Crippen molar-refractivity contribution in [3.05, 3.63) is 40.6 Å². The van der Waals surface area contributed by atoms with Gasteiger partial charge in [0, 0.05) is 18.8 Å². The number of rotatable bonds is 3. The average Bonchev–Trinajstić information content (AvgIpc) is 2.87. The maximum absolute atomic E-state index is 11.7. The number of hydrogen-bond acceptors (Lipinski definition) is 5. The van der Waals surface area contributed by atoms with Gasteiger partial charge < -0.3 is 14.6 Å². The molecule has 1 aliphatic rings. The summed E-state index contributed by atoms with van der Waals surface area (Å²) in [7, 11) is 1.67. The van der Waals surface area contributed by atoms with E-state index in [1.165, 1.54) is 5.69 Å². The monoisotopic (exact) mass is 289 g/mol. The quantitative estimate of drug-likeness (QED) is 0.883. The zero-order valence-electron chi connectivity index (χ0n) is 12.2. The number of anilines is 1. The Labute approximate surface area is 122 Å². The fourth-order valence-corrected chi connectivity index (χ4v) is 2.65. The van der Waals surface area contributed by atoms with Crippen LogP contribution < -0.4 is 20.3 Å². The highest BCUT2D eigenvalue weighted by Crippen LogP contribution is 2.20. The third kappa shape index (κ3) is 2.58. The van der Waals surface area contributed by atoms with Gasteiger partial charge in [-0.25, -0.2) is 9.89 Å². The smallest absolute Gasteiger partial charge is 0.362 e. The maximum Gasteiger partial charge on any atom is 0.362 e. The van der Waals surface area contributed by atoms with Crippen LogP contribution in [-0.2, 0) is 0 Å². The van der Waals surface area contributed by atoms with Gasteiger partial charge in [0.1, 0.15) is 11.6 Å². The van der Waals surface area contributed by atoms with Crippen molar-refractivity contribution >= 4 is 5.69 Å². The number of methoxy groups -OCH3 is 1. The van der Waals surface area contributed by atoms with Gasteiger partial charge in [0.05, 0.1) is 20.2 Å². The molecular weight excluding hydrogens is 270 g/mol. The van der Waals surface area contributed by atoms with E-state index < -0.39 is 0 Å². The average molecular weight is 289 g/mol. The summed E-state index contributed by atoms with van der Waals surface area (Å²) >= 11 is 0. The molecule has 0 aliphatic carbocycles. The zero-order chi connectivity index (χ0) is 14.8. The van der Waals surface area contributed by atoms with E-state index in [2.05, 4.69) is 27.2 Å². The van der Waals surface area contributed by atoms with Gasteiger partial charge in [0.15, 0.2) is 0 Å². The number of hydrogen-bond donors (Lipinski definition) is 1. The molecule has 2 aromatic rings. The second kappa shape index (κ2) is 5.51. The second-order valence-electron chi connectivity index (χ2n) is 5.03. The number of aromatic amines is 1. The van der Waals surface area contributed by atoms with Crippen molar-refractivity contribution in [1.82, 2.24) is 14.9 Å². The molecule has 0 saturated carbocycles. The summed E-state index contributed by atoms with van der Waals surface area (Å²) in [5.74, 6) is 1.55. The molecule has 1 aliphatic heterocycles. The summed E-state index contributed by atoms with van der Waals surface area (Å²) < 4.78 is 6.79. The number of aryl methyl sites for hydroxylation is 1. The van der Waals surface area contributed by atoms with Gasteiger partial charge in [-0.15, -0.1) is 0 Å². The van der Waals surface area contributed by atoms with E-state index in [0.717, 1.165) is 31.9 Å². The first-order valence-corrected chi connectivity index (χ1v) is 6.97. The molecule has 1 fully saturated rings. The molecule has 0 radical (unpaired) electrons. The number of aromatic nitrogens is 3. The number of nitrogens with zero attached hydrogens (tertiary/aromatic N) is 4. The van der Waals surface area contributed by atoms with Gasteiger partial charge in [0.2, 0.25) is 0 Å². The van der Waals surface area contributed by atoms with Crippen molar-refractivity contribution in [2.24, 2.45) is 0 Å². The van der Waals surface area contributed by atoms with E-state index in [-0.39, 0.29) is 5.69 Å². The minimum Gasteiger partial charge on any atom is -0.497 e. The van der Waals surface area contributed by atoms with Gasteiger partial charge in [-0.05, 0) is 31.2 Å². The van der Waals surface area contributed by atoms with Crippen molar-refractivity contribution in [1.29, 1.82) is 0 Å². The van der Waals surface area contributed by atoms with Crippen LogP contribution in [0.1, 0.15) is 5.82 Å². The molecule has 0 atom stereocenters. The zero-order valence-corrected chi connectivity index (χ0v) is 12.2. The Bertz CT molecular complexity index is 653. The first-order chi connectivity index (χ1) is 10.2. The van der Waals surface area contributed by atoms with Gasteiger partial charge in [-0.2, -0.15) is 9.77 Å². The molecule has 7 heteroatoms. The van der Waals surface area contributed by atoms with Crippen molar-refractivity contribution < 1.29 is 4.74 Å². The van der Waals surface area contributed by atoms with E-state index >= 15 is 0 Å². The van der Waals surface area contributed by atoms with Crippen LogP contribution in [-0.4, -0.2) is 48.2 Å². The van der Waals surface area contributed by atoms with Gasteiger partial charge in [0.25, 0.3) is 0 Å². The first kappa shape index (κ1) is 13.5. The van der Waals surface area contributed by atoms with E-state index in [1.807, 2.05) is 24.1 Å². The third-order valence-corrected chi connectivity index (χ3v) is 3.79. The van der Waals surface area contributed by atoms with E-state index in [4.69, 9.17) is 4.74 Å². The molecule has 1 aromatic heterocycles. The van der Waals surface area contributed by atoms with E-state index in [0.29, 0.717) is 5.82 Å². The largest absolute Gasteiger partial charge is 0.497 e. The third-order valence-electron chi connectivity index (χ3n) is 3.79. The highest BCUT2D eigenvalue weighted by atomic mass is 16.5. The molecule has 1 aromatic carbocycles. The van der Waals surface area contributed by atoms with Crippen molar-refractivity contribution in [2.45, 2.75) is 6.92 Å². The van der Waals surface area contributed by atoms with Crippen LogP contribution in [0.4, 0.5) is 5.69 Å². The predicted molar refractivity (Wildman–Crippen MR) is 80.7 cm³/mol. The van der Waals surface area contributed by atoms with Crippen LogP contribution in [0.15, 0.2) is 29.1 Å². The summed E-state index contributed by atoms with van der Waals surface area (Å²) in [5, 5.41) is 8.45. The topological polar surface area (TPSA) is 66.4 Å². The van der Waals surface area contributed by atoms with Crippen LogP contribution in [0.5, 0.6) is 5.75 Å². The van der Waals surface area contributed by atoms with Crippen LogP contribution in [0.3, 0.4) is 0 Å². The number of ether oxygens (including phenoxy) is 1. The Kier molecular flexibility index (Phi) is 3.55. The molecule has 1 saturated heterocycles. The lowest BCUT2D eigenvalue weighted by Crippen LogP contribution is -2.54. The van der Waals surface area contributed by atoms with Crippen molar-refractivity contribution in [3.63, 3.8) is 0 Å². The van der Waals surface area contributed by atoms with Crippen molar-refractivity contribution in [3.8, 4) is 5.75 Å². The highest BCUT2D eigenvalue weighted by Gasteiger charge is 2.20. The van der Waals surface area contributed by atoms with E-state index in [1.54, 1.807) is 11.8 Å². The lowest BCUT2D eigenvalue weighted by atomic mass is 10.2. The Morgan fingerprint density at radius 2 is 1.81 bits per heavy atom. The molecule has 112 valence electrons. The lowest BCUT2D eigenvalue weighted by molar-refractivity contribution is 0.414. The van der Waals surface area contributed by atoms with Crippen LogP contribution >= 0.6 is 0 Å². The molecule has 2 heterocycles. The number of piperazine rings is 1. The molecule has 1 N–H and O–H groups in total. The minimum atomic E-state index is -0.176. The summed E-state index contributed by atoms with van der Waals surface area (Å²) in [6.45, 7) is 5.12. The summed E-state index contributed by atoms with van der Waals surface area (Å²) in [5.41, 5.74) is 0.997. The van der Waals surface area contributed by atoms with Crippen molar-refractivity contribution in [2.75, 3.05) is 43.2 Å². The first-order valence-electron chi connectivity index (χ1n) is 6.97. The fourth-order valence-electron chi connectivity index (χ4n) is 2.65. The summed E-state index contributed by atoms with van der Waals surface area (Å²) in [6.07, 6.45) is 0. The SMILES string of the molecule is COc1ccc(N2CCN(n3c(C)n[nH]c3=O)CC2)cc1. The van der Waals surface area contributed by atoms with Gasteiger partial charge in [-0.1, -0.05) is 0 Å². The lowest BCUT2D eigenvalue weighted by Gasteiger charge is -2.37. The second-order valence-corrected chi connectivity index (χ2v) is 5.03.